The van der Waals surface area contributed by atoms with Gasteiger partial charge in [-0.25, -0.2) is 4.98 Å². The van der Waals surface area contributed by atoms with E-state index in [1.807, 2.05) is 35.2 Å². The van der Waals surface area contributed by atoms with E-state index in [2.05, 4.69) is 36.3 Å². The summed E-state index contributed by atoms with van der Waals surface area (Å²) in [6.45, 7) is 6.03. The monoisotopic (exact) mass is 390 g/mol. The minimum absolute atomic E-state index is 0.151. The number of hydrogen-bond donors (Lipinski definition) is 1. The van der Waals surface area contributed by atoms with Crippen LogP contribution in [0.15, 0.2) is 48.7 Å². The quantitative estimate of drug-likeness (QED) is 0.727. The first-order chi connectivity index (χ1) is 14.0. The fraction of sp³-hybridized carbons (Fsp3) is 0.348. The van der Waals surface area contributed by atoms with Gasteiger partial charge in [0, 0.05) is 25.8 Å². The molecular formula is C23H26N4O2. The average Bonchev–Trinajstić information content (AvgIpc) is 3.12. The van der Waals surface area contributed by atoms with E-state index in [4.69, 9.17) is 0 Å². The van der Waals surface area contributed by atoms with Gasteiger partial charge >= 0.3 is 0 Å². The molecule has 4 rings (SSSR count). The van der Waals surface area contributed by atoms with Crippen molar-refractivity contribution in [1.29, 1.82) is 0 Å². The number of amides is 2. The van der Waals surface area contributed by atoms with E-state index in [9.17, 15) is 9.59 Å². The molecule has 150 valence electrons. The SMILES string of the molecule is CC(C)CCNC(=O)c1nc(C(=O)N2CCc3ccccc3C2)n2ccccc12. The highest BCUT2D eigenvalue weighted by Crippen LogP contribution is 2.21. The maximum atomic E-state index is 13.3. The van der Waals surface area contributed by atoms with E-state index < -0.39 is 0 Å². The van der Waals surface area contributed by atoms with E-state index in [-0.39, 0.29) is 17.6 Å². The van der Waals surface area contributed by atoms with Gasteiger partial charge < -0.3 is 10.2 Å². The number of aromatic nitrogens is 2. The van der Waals surface area contributed by atoms with Gasteiger partial charge in [-0.15, -0.1) is 0 Å². The van der Waals surface area contributed by atoms with E-state index in [1.165, 1.54) is 11.1 Å². The van der Waals surface area contributed by atoms with Gasteiger partial charge in [0.15, 0.2) is 5.69 Å². The highest BCUT2D eigenvalue weighted by molar-refractivity contribution is 6.02. The molecule has 29 heavy (non-hydrogen) atoms. The van der Waals surface area contributed by atoms with Crippen LogP contribution < -0.4 is 5.32 Å². The molecule has 1 aromatic carbocycles. The summed E-state index contributed by atoms with van der Waals surface area (Å²) in [5.41, 5.74) is 3.40. The molecule has 0 fully saturated rings. The molecule has 1 aliphatic rings. The molecule has 2 amide bonds. The number of nitrogens with one attached hydrogen (secondary N) is 1. The minimum Gasteiger partial charge on any atom is -0.351 e. The van der Waals surface area contributed by atoms with Gasteiger partial charge in [-0.05, 0) is 42.0 Å². The average molecular weight is 390 g/mol. The molecule has 3 aromatic rings. The van der Waals surface area contributed by atoms with Crippen LogP contribution in [0.4, 0.5) is 0 Å². The van der Waals surface area contributed by atoms with Gasteiger partial charge in [0.2, 0.25) is 5.82 Å². The van der Waals surface area contributed by atoms with Crippen LogP contribution in [0.2, 0.25) is 0 Å². The van der Waals surface area contributed by atoms with Crippen LogP contribution in [0.25, 0.3) is 5.52 Å². The molecule has 6 heteroatoms. The van der Waals surface area contributed by atoms with Crippen molar-refractivity contribution in [3.05, 3.63) is 71.3 Å². The Bertz CT molecular complexity index is 1050. The van der Waals surface area contributed by atoms with Crippen molar-refractivity contribution in [2.24, 2.45) is 5.92 Å². The number of rotatable bonds is 5. The molecule has 0 spiro atoms. The van der Waals surface area contributed by atoms with Crippen LogP contribution in [-0.4, -0.2) is 39.2 Å². The predicted molar refractivity (Wildman–Crippen MR) is 112 cm³/mol. The lowest BCUT2D eigenvalue weighted by atomic mass is 10.00. The van der Waals surface area contributed by atoms with E-state index in [1.54, 1.807) is 10.6 Å². The van der Waals surface area contributed by atoms with Crippen molar-refractivity contribution in [3.8, 4) is 0 Å². The standard InChI is InChI=1S/C23H26N4O2/c1-16(2)10-12-24-22(28)20-19-9-5-6-13-27(19)21(25-20)23(29)26-14-11-17-7-3-4-8-18(17)15-26/h3-9,13,16H,10-12,14-15H2,1-2H3,(H,24,28). The van der Waals surface area contributed by atoms with E-state index in [0.717, 1.165) is 12.8 Å². The lowest BCUT2D eigenvalue weighted by Gasteiger charge is -2.28. The number of carbonyl (C=O) groups is 2. The third-order valence-corrected chi connectivity index (χ3v) is 5.38. The number of imidazole rings is 1. The molecule has 0 saturated carbocycles. The highest BCUT2D eigenvalue weighted by Gasteiger charge is 2.27. The molecule has 6 nitrogen and oxygen atoms in total. The normalized spacial score (nSPS) is 13.6. The van der Waals surface area contributed by atoms with Crippen LogP contribution >= 0.6 is 0 Å². The zero-order chi connectivity index (χ0) is 20.4. The Balaban J connectivity index is 1.61. The fourth-order valence-electron chi connectivity index (χ4n) is 3.72. The van der Waals surface area contributed by atoms with Crippen molar-refractivity contribution in [1.82, 2.24) is 19.6 Å². The van der Waals surface area contributed by atoms with Gasteiger partial charge in [0.1, 0.15) is 0 Å². The second kappa shape index (κ2) is 8.07. The highest BCUT2D eigenvalue weighted by atomic mass is 16.2. The van der Waals surface area contributed by atoms with Crippen LogP contribution in [-0.2, 0) is 13.0 Å². The van der Waals surface area contributed by atoms with Gasteiger partial charge in [-0.2, -0.15) is 0 Å². The Morgan fingerprint density at radius 3 is 2.66 bits per heavy atom. The molecule has 0 saturated heterocycles. The fourth-order valence-corrected chi connectivity index (χ4v) is 3.72. The Morgan fingerprint density at radius 1 is 1.10 bits per heavy atom. The van der Waals surface area contributed by atoms with Crippen molar-refractivity contribution in [2.75, 3.05) is 13.1 Å². The number of carbonyl (C=O) groups excluding carboxylic acids is 2. The van der Waals surface area contributed by atoms with Crippen LogP contribution in [0.5, 0.6) is 0 Å². The van der Waals surface area contributed by atoms with E-state index in [0.29, 0.717) is 36.8 Å². The molecule has 0 radical (unpaired) electrons. The van der Waals surface area contributed by atoms with Crippen LogP contribution in [0.1, 0.15) is 52.5 Å². The zero-order valence-electron chi connectivity index (χ0n) is 16.9. The summed E-state index contributed by atoms with van der Waals surface area (Å²) in [6, 6.07) is 13.7. The Morgan fingerprint density at radius 2 is 1.86 bits per heavy atom. The first-order valence-corrected chi connectivity index (χ1v) is 10.2. The third kappa shape index (κ3) is 3.88. The maximum Gasteiger partial charge on any atom is 0.290 e. The summed E-state index contributed by atoms with van der Waals surface area (Å²) in [5.74, 6) is 0.404. The second-order valence-corrected chi connectivity index (χ2v) is 7.92. The number of pyridine rings is 1. The number of hydrogen-bond acceptors (Lipinski definition) is 3. The Kier molecular flexibility index (Phi) is 5.34. The maximum absolute atomic E-state index is 13.3. The van der Waals surface area contributed by atoms with Crippen LogP contribution in [0.3, 0.4) is 0 Å². The summed E-state index contributed by atoms with van der Waals surface area (Å²) in [4.78, 5) is 32.3. The minimum atomic E-state index is -0.239. The van der Waals surface area contributed by atoms with Crippen molar-refractivity contribution in [2.45, 2.75) is 33.2 Å². The molecule has 0 bridgehead atoms. The molecule has 1 aliphatic heterocycles. The third-order valence-electron chi connectivity index (χ3n) is 5.38. The van der Waals surface area contributed by atoms with E-state index >= 15 is 0 Å². The smallest absolute Gasteiger partial charge is 0.290 e. The van der Waals surface area contributed by atoms with Gasteiger partial charge in [-0.1, -0.05) is 44.2 Å². The van der Waals surface area contributed by atoms with Gasteiger partial charge in [0.25, 0.3) is 11.8 Å². The lowest BCUT2D eigenvalue weighted by Crippen LogP contribution is -2.37. The van der Waals surface area contributed by atoms with Gasteiger partial charge in [-0.3, -0.25) is 14.0 Å². The molecular weight excluding hydrogens is 364 g/mol. The summed E-state index contributed by atoms with van der Waals surface area (Å²) in [7, 11) is 0. The van der Waals surface area contributed by atoms with Crippen molar-refractivity contribution >= 4 is 17.3 Å². The molecule has 3 heterocycles. The molecule has 0 aliphatic carbocycles. The summed E-state index contributed by atoms with van der Waals surface area (Å²) in [6.07, 6.45) is 3.52. The number of fused-ring (bicyclic) bond motifs is 2. The summed E-state index contributed by atoms with van der Waals surface area (Å²) < 4.78 is 1.72. The summed E-state index contributed by atoms with van der Waals surface area (Å²) in [5, 5.41) is 2.93. The Hall–Kier alpha value is -3.15. The van der Waals surface area contributed by atoms with Crippen LogP contribution in [0, 0.1) is 5.92 Å². The molecule has 0 unspecified atom stereocenters. The first kappa shape index (κ1) is 19.2. The van der Waals surface area contributed by atoms with Crippen molar-refractivity contribution in [3.63, 3.8) is 0 Å². The molecule has 0 atom stereocenters. The van der Waals surface area contributed by atoms with Gasteiger partial charge in [0.05, 0.1) is 5.52 Å². The topological polar surface area (TPSA) is 66.7 Å². The zero-order valence-corrected chi connectivity index (χ0v) is 16.9. The first-order valence-electron chi connectivity index (χ1n) is 10.2. The molecule has 1 N–H and O–H groups in total. The number of nitrogens with zero attached hydrogens (tertiary/aromatic N) is 3. The predicted octanol–water partition coefficient (Wildman–Crippen LogP) is 3.31. The summed E-state index contributed by atoms with van der Waals surface area (Å²) >= 11 is 0. The number of benzene rings is 1. The Labute approximate surface area is 170 Å². The van der Waals surface area contributed by atoms with Crippen molar-refractivity contribution < 1.29 is 9.59 Å². The largest absolute Gasteiger partial charge is 0.351 e. The lowest BCUT2D eigenvalue weighted by molar-refractivity contribution is 0.0721. The molecule has 2 aromatic heterocycles. The second-order valence-electron chi connectivity index (χ2n) is 7.92.